The topological polar surface area (TPSA) is 35.6 Å². The summed E-state index contributed by atoms with van der Waals surface area (Å²) in [6.45, 7) is 4.26. The molecule has 2 heterocycles. The summed E-state index contributed by atoms with van der Waals surface area (Å²) in [5.74, 6) is 0.920. The first-order chi connectivity index (χ1) is 15.6. The summed E-state index contributed by atoms with van der Waals surface area (Å²) in [5.41, 5.74) is 8.63. The number of aromatic nitrogens is 4. The molecule has 0 spiro atoms. The molecule has 0 unspecified atom stereocenters. The molecule has 0 fully saturated rings. The molecule has 5 aromatic rings. The molecule has 0 atom stereocenters. The molecule has 2 aromatic heterocycles. The molecule has 0 bridgehead atoms. The predicted octanol–water partition coefficient (Wildman–Crippen LogP) is 5.75. The van der Waals surface area contributed by atoms with E-state index in [0.29, 0.717) is 6.42 Å². The Morgan fingerprint density at radius 3 is 2.39 bits per heavy atom. The average molecular weight is 612 g/mol. The van der Waals surface area contributed by atoms with Crippen molar-refractivity contribution in [3.8, 4) is 28.3 Å². The Labute approximate surface area is 209 Å². The van der Waals surface area contributed by atoms with Crippen molar-refractivity contribution in [3.05, 3.63) is 114 Å². The Balaban J connectivity index is 0.00000259. The summed E-state index contributed by atoms with van der Waals surface area (Å²) in [5, 5.41) is 0. The van der Waals surface area contributed by atoms with E-state index in [1.807, 2.05) is 37.6 Å². The van der Waals surface area contributed by atoms with Gasteiger partial charge in [-0.3, -0.25) is 9.97 Å². The van der Waals surface area contributed by atoms with Crippen LogP contribution in [0.5, 0.6) is 0 Å². The van der Waals surface area contributed by atoms with Gasteiger partial charge in [-0.15, -0.1) is 71.3 Å². The van der Waals surface area contributed by atoms with Gasteiger partial charge in [-0.05, 0) is 37.6 Å². The van der Waals surface area contributed by atoms with Gasteiger partial charge in [0.05, 0.1) is 17.8 Å². The van der Waals surface area contributed by atoms with Crippen molar-refractivity contribution >= 4 is 0 Å². The van der Waals surface area contributed by atoms with E-state index in [1.54, 1.807) is 0 Å². The Hall–Kier alpha value is -3.23. The van der Waals surface area contributed by atoms with E-state index < -0.39 is 0 Å². The molecule has 0 radical (unpaired) electrons. The molecule has 0 N–H and O–H groups in total. The Morgan fingerprint density at radius 1 is 0.879 bits per heavy atom. The fourth-order valence-electron chi connectivity index (χ4n) is 4.16. The van der Waals surface area contributed by atoms with E-state index in [-0.39, 0.29) is 21.1 Å². The largest absolute Gasteiger partial charge is 2.00 e. The maximum absolute atomic E-state index is 4.83. The number of rotatable bonds is 5. The van der Waals surface area contributed by atoms with Gasteiger partial charge in [0, 0.05) is 24.6 Å². The van der Waals surface area contributed by atoms with Crippen molar-refractivity contribution in [3.63, 3.8) is 0 Å². The average Bonchev–Trinajstić information content (AvgIpc) is 3.41. The van der Waals surface area contributed by atoms with Crippen LogP contribution in [-0.2, 0) is 34.5 Å². The number of benzene rings is 3. The Bertz CT molecular complexity index is 1360. The molecular formula is C28H24N4Pt. The SMILES string of the molecule is Cc1cccc(C)c1-n1cnc(-c2[c-]c(Cc3cn(C)c(-c4[c-]cccc4)n3)ccc2)c1.[Pt+2]. The second-order valence-corrected chi connectivity index (χ2v) is 8.12. The van der Waals surface area contributed by atoms with Crippen LogP contribution in [0.1, 0.15) is 22.4 Å². The first kappa shape index (κ1) is 22.9. The van der Waals surface area contributed by atoms with Crippen LogP contribution in [-0.4, -0.2) is 19.1 Å². The van der Waals surface area contributed by atoms with Gasteiger partial charge in [-0.2, -0.15) is 0 Å². The number of imidazole rings is 2. The van der Waals surface area contributed by atoms with Crippen LogP contribution in [0.3, 0.4) is 0 Å². The maximum Gasteiger partial charge on any atom is 2.00 e. The molecule has 0 aliphatic carbocycles. The fourth-order valence-corrected chi connectivity index (χ4v) is 4.16. The molecule has 166 valence electrons. The Morgan fingerprint density at radius 2 is 1.64 bits per heavy atom. The minimum atomic E-state index is 0. The van der Waals surface area contributed by atoms with E-state index >= 15 is 0 Å². The minimum absolute atomic E-state index is 0. The van der Waals surface area contributed by atoms with Crippen LogP contribution in [0.2, 0.25) is 0 Å². The quantitative estimate of drug-likeness (QED) is 0.238. The summed E-state index contributed by atoms with van der Waals surface area (Å²) < 4.78 is 4.15. The molecule has 0 saturated heterocycles. The standard InChI is InChI=1S/C28H24N4.Pt/c1-20-9-7-10-21(2)27(20)32-18-26(29-19-32)24-14-8-11-22(15-24)16-25-17-31(3)28(30-25)23-12-5-4-6-13-23;/h4-12,14,17-19H,16H2,1-3H3;/q-2;+2. The normalized spacial score (nSPS) is 10.8. The zero-order valence-electron chi connectivity index (χ0n) is 18.8. The first-order valence-electron chi connectivity index (χ1n) is 10.7. The molecule has 3 aromatic carbocycles. The monoisotopic (exact) mass is 611 g/mol. The number of para-hydroxylation sites is 1. The van der Waals surface area contributed by atoms with Crippen molar-refractivity contribution in [2.45, 2.75) is 20.3 Å². The van der Waals surface area contributed by atoms with Gasteiger partial charge < -0.3 is 9.13 Å². The van der Waals surface area contributed by atoms with E-state index in [9.17, 15) is 0 Å². The predicted molar refractivity (Wildman–Crippen MR) is 128 cm³/mol. The van der Waals surface area contributed by atoms with E-state index in [1.165, 1.54) is 16.8 Å². The molecule has 0 aliphatic rings. The number of aryl methyl sites for hydroxylation is 3. The third-order valence-electron chi connectivity index (χ3n) is 5.66. The van der Waals surface area contributed by atoms with Crippen molar-refractivity contribution in [2.24, 2.45) is 7.05 Å². The molecule has 5 heteroatoms. The molecule has 0 amide bonds. The van der Waals surface area contributed by atoms with Gasteiger partial charge >= 0.3 is 21.1 Å². The first-order valence-corrected chi connectivity index (χ1v) is 10.7. The van der Waals surface area contributed by atoms with Crippen LogP contribution >= 0.6 is 0 Å². The van der Waals surface area contributed by atoms with Crippen LogP contribution < -0.4 is 0 Å². The second kappa shape index (κ2) is 9.72. The van der Waals surface area contributed by atoms with Crippen molar-refractivity contribution < 1.29 is 21.1 Å². The van der Waals surface area contributed by atoms with E-state index in [4.69, 9.17) is 4.98 Å². The summed E-state index contributed by atoms with van der Waals surface area (Å²) in [6.07, 6.45) is 6.75. The van der Waals surface area contributed by atoms with Crippen molar-refractivity contribution in [1.29, 1.82) is 0 Å². The summed E-state index contributed by atoms with van der Waals surface area (Å²) in [6, 6.07) is 27.3. The summed E-state index contributed by atoms with van der Waals surface area (Å²) in [7, 11) is 2.02. The third kappa shape index (κ3) is 4.77. The number of hydrogen-bond acceptors (Lipinski definition) is 2. The van der Waals surface area contributed by atoms with Gasteiger partial charge in [-0.1, -0.05) is 18.2 Å². The third-order valence-corrected chi connectivity index (χ3v) is 5.66. The summed E-state index contributed by atoms with van der Waals surface area (Å²) in [4.78, 5) is 9.49. The Kier molecular flexibility index (Phi) is 6.76. The zero-order chi connectivity index (χ0) is 22.1. The van der Waals surface area contributed by atoms with Gasteiger partial charge in [0.2, 0.25) is 0 Å². The molecule has 0 saturated carbocycles. The van der Waals surface area contributed by atoms with Crippen LogP contribution in [0, 0.1) is 26.0 Å². The maximum atomic E-state index is 4.83. The number of hydrogen-bond donors (Lipinski definition) is 0. The zero-order valence-corrected chi connectivity index (χ0v) is 21.1. The van der Waals surface area contributed by atoms with E-state index in [0.717, 1.165) is 33.9 Å². The fraction of sp³-hybridized carbons (Fsp3) is 0.143. The van der Waals surface area contributed by atoms with Crippen LogP contribution in [0.4, 0.5) is 0 Å². The van der Waals surface area contributed by atoms with Gasteiger partial charge in [-0.25, -0.2) is 0 Å². The van der Waals surface area contributed by atoms with Crippen LogP contribution in [0.15, 0.2) is 79.4 Å². The molecule has 33 heavy (non-hydrogen) atoms. The second-order valence-electron chi connectivity index (χ2n) is 8.12. The molecule has 4 nitrogen and oxygen atoms in total. The van der Waals surface area contributed by atoms with Crippen molar-refractivity contribution in [1.82, 2.24) is 19.1 Å². The summed E-state index contributed by atoms with van der Waals surface area (Å²) >= 11 is 0. The smallest absolute Gasteiger partial charge is 0.373 e. The van der Waals surface area contributed by atoms with Gasteiger partial charge in [0.1, 0.15) is 0 Å². The van der Waals surface area contributed by atoms with E-state index in [2.05, 4.69) is 88.9 Å². The minimum Gasteiger partial charge on any atom is -0.373 e. The van der Waals surface area contributed by atoms with Crippen LogP contribution in [0.25, 0.3) is 28.3 Å². The molecule has 5 rings (SSSR count). The molecular weight excluding hydrogens is 587 g/mol. The number of nitrogens with zero attached hydrogens (tertiary/aromatic N) is 4. The van der Waals surface area contributed by atoms with Gasteiger partial charge in [0.15, 0.2) is 0 Å². The molecule has 0 aliphatic heterocycles. The van der Waals surface area contributed by atoms with Gasteiger partial charge in [0.25, 0.3) is 0 Å². The van der Waals surface area contributed by atoms with Crippen molar-refractivity contribution in [2.75, 3.05) is 0 Å².